The normalized spacial score (nSPS) is 11.8. The lowest BCUT2D eigenvalue weighted by Gasteiger charge is -2.13. The largest absolute Gasteiger partial charge is 0.368 e. The van der Waals surface area contributed by atoms with Crippen molar-refractivity contribution in [2.24, 2.45) is 0 Å². The van der Waals surface area contributed by atoms with Crippen molar-refractivity contribution in [2.45, 2.75) is 60.5 Å². The number of carbonyl (C=O) groups excluding carboxylic acids is 1. The second-order valence-electron chi connectivity index (χ2n) is 7.71. The Morgan fingerprint density at radius 1 is 1.04 bits per heavy atom. The molecule has 0 atom stereocenters. The summed E-state index contributed by atoms with van der Waals surface area (Å²) in [6.45, 7) is 14.1. The molecule has 2 N–H and O–H groups in total. The van der Waals surface area contributed by atoms with Gasteiger partial charge in [0, 0.05) is 29.4 Å². The van der Waals surface area contributed by atoms with E-state index in [1.165, 1.54) is 0 Å². The molecule has 1 aromatic heterocycles. The van der Waals surface area contributed by atoms with Gasteiger partial charge in [-0.05, 0) is 88.9 Å². The monoisotopic (exact) mass is 365 g/mol. The number of amides is 1. The van der Waals surface area contributed by atoms with Gasteiger partial charge in [0.2, 0.25) is 5.91 Å². The van der Waals surface area contributed by atoms with Crippen molar-refractivity contribution in [3.63, 3.8) is 0 Å². The predicted molar refractivity (Wildman–Crippen MR) is 115 cm³/mol. The van der Waals surface area contributed by atoms with Crippen LogP contribution in [0.2, 0.25) is 0 Å². The molecule has 0 aliphatic rings. The maximum atomic E-state index is 12.2. The first-order valence-electron chi connectivity index (χ1n) is 9.50. The number of pyridine rings is 1. The third-order valence-electron chi connectivity index (χ3n) is 4.27. The molecule has 0 spiro atoms. The number of hydrogen-bond donors (Lipinski definition) is 2. The van der Waals surface area contributed by atoms with E-state index < -0.39 is 0 Å². The van der Waals surface area contributed by atoms with Crippen molar-refractivity contribution in [1.29, 1.82) is 0 Å². The van der Waals surface area contributed by atoms with Crippen LogP contribution in [-0.2, 0) is 4.79 Å². The summed E-state index contributed by atoms with van der Waals surface area (Å²) in [6, 6.07) is 8.90. The highest BCUT2D eigenvalue weighted by molar-refractivity contribution is 5.97. The molecule has 0 saturated heterocycles. The van der Waals surface area contributed by atoms with Gasteiger partial charge in [-0.1, -0.05) is 12.1 Å². The molecule has 4 nitrogen and oxygen atoms in total. The molecular weight excluding hydrogens is 334 g/mol. The average molecular weight is 366 g/mol. The van der Waals surface area contributed by atoms with E-state index in [0.29, 0.717) is 11.6 Å². The van der Waals surface area contributed by atoms with Crippen molar-refractivity contribution in [3.8, 4) is 11.1 Å². The summed E-state index contributed by atoms with van der Waals surface area (Å²) >= 11 is 0. The molecule has 0 unspecified atom stereocenters. The lowest BCUT2D eigenvalue weighted by Crippen LogP contribution is -2.30. The van der Waals surface area contributed by atoms with Gasteiger partial charge in [0.15, 0.2) is 0 Å². The number of anilines is 1. The van der Waals surface area contributed by atoms with E-state index in [4.69, 9.17) is 0 Å². The predicted octanol–water partition coefficient (Wildman–Crippen LogP) is 5.11. The minimum Gasteiger partial charge on any atom is -0.368 e. The lowest BCUT2D eigenvalue weighted by molar-refractivity contribution is -0.117. The van der Waals surface area contributed by atoms with Gasteiger partial charge in [-0.25, -0.2) is 4.98 Å². The van der Waals surface area contributed by atoms with Crippen molar-refractivity contribution in [1.82, 2.24) is 10.3 Å². The summed E-state index contributed by atoms with van der Waals surface area (Å²) in [7, 11) is 0. The highest BCUT2D eigenvalue weighted by atomic mass is 16.1. The number of nitrogens with zero attached hydrogens (tertiary/aromatic N) is 1. The molecule has 0 fully saturated rings. The second-order valence-corrected chi connectivity index (χ2v) is 7.71. The molecule has 0 aliphatic heterocycles. The highest BCUT2D eigenvalue weighted by Gasteiger charge is 2.10. The summed E-state index contributed by atoms with van der Waals surface area (Å²) in [6.07, 6.45) is 3.86. The summed E-state index contributed by atoms with van der Waals surface area (Å²) in [5, 5.41) is 6.24. The van der Waals surface area contributed by atoms with Crippen molar-refractivity contribution in [3.05, 3.63) is 52.7 Å². The number of benzene rings is 1. The Hall–Kier alpha value is -2.62. The molecule has 0 aliphatic carbocycles. The maximum Gasteiger partial charge on any atom is 0.247 e. The molecule has 1 aromatic carbocycles. The zero-order valence-corrected chi connectivity index (χ0v) is 17.5. The Labute approximate surface area is 163 Å². The van der Waals surface area contributed by atoms with Gasteiger partial charge in [0.1, 0.15) is 5.82 Å². The van der Waals surface area contributed by atoms with Gasteiger partial charge in [0.25, 0.3) is 0 Å². The van der Waals surface area contributed by atoms with Crippen LogP contribution in [0.3, 0.4) is 0 Å². The summed E-state index contributed by atoms with van der Waals surface area (Å²) in [4.78, 5) is 16.7. The number of hydrogen-bond acceptors (Lipinski definition) is 3. The molecule has 27 heavy (non-hydrogen) atoms. The average Bonchev–Trinajstić information content (AvgIpc) is 2.57. The molecule has 1 heterocycles. The van der Waals surface area contributed by atoms with Crippen LogP contribution in [0.25, 0.3) is 17.2 Å². The first-order valence-corrected chi connectivity index (χ1v) is 9.50. The third kappa shape index (κ3) is 5.68. The van der Waals surface area contributed by atoms with Crippen LogP contribution in [0.1, 0.15) is 51.3 Å². The Morgan fingerprint density at radius 3 is 2.30 bits per heavy atom. The Bertz CT molecular complexity index is 833. The summed E-state index contributed by atoms with van der Waals surface area (Å²) < 4.78 is 0. The number of nitrogens with one attached hydrogen (secondary N) is 2. The van der Waals surface area contributed by atoms with Crippen LogP contribution >= 0.6 is 0 Å². The van der Waals surface area contributed by atoms with Crippen molar-refractivity contribution in [2.75, 3.05) is 5.32 Å². The zero-order valence-electron chi connectivity index (χ0n) is 17.5. The summed E-state index contributed by atoms with van der Waals surface area (Å²) in [5.74, 6) is 0.859. The van der Waals surface area contributed by atoms with Crippen LogP contribution in [0.15, 0.2) is 36.0 Å². The number of aromatic nitrogens is 1. The number of carbonyl (C=O) groups is 1. The molecule has 1 amide bonds. The minimum atomic E-state index is -0.0245. The fourth-order valence-electron chi connectivity index (χ4n) is 2.91. The molecule has 2 rings (SSSR count). The van der Waals surface area contributed by atoms with Crippen molar-refractivity contribution >= 4 is 17.8 Å². The quantitative estimate of drug-likeness (QED) is 0.699. The third-order valence-corrected chi connectivity index (χ3v) is 4.27. The van der Waals surface area contributed by atoms with Gasteiger partial charge in [-0.2, -0.15) is 0 Å². The van der Waals surface area contributed by atoms with E-state index in [-0.39, 0.29) is 11.9 Å². The molecule has 144 valence electrons. The smallest absolute Gasteiger partial charge is 0.247 e. The molecule has 2 aromatic rings. The van der Waals surface area contributed by atoms with Crippen LogP contribution in [0.5, 0.6) is 0 Å². The Morgan fingerprint density at radius 2 is 1.74 bits per heavy atom. The minimum absolute atomic E-state index is 0.0245. The van der Waals surface area contributed by atoms with E-state index in [0.717, 1.165) is 33.6 Å². The number of rotatable bonds is 6. The number of aryl methyl sites for hydroxylation is 2. The topological polar surface area (TPSA) is 54.0 Å². The highest BCUT2D eigenvalue weighted by Crippen LogP contribution is 2.28. The van der Waals surface area contributed by atoms with E-state index in [2.05, 4.69) is 61.5 Å². The van der Waals surface area contributed by atoms with Crippen LogP contribution in [-0.4, -0.2) is 23.0 Å². The first-order chi connectivity index (χ1) is 12.7. The van der Waals surface area contributed by atoms with Gasteiger partial charge < -0.3 is 10.6 Å². The standard InChI is InChI=1S/C23H31N3O/c1-14(2)25-22-9-8-19(13-24-22)21-12-16(5)20(10-17(21)6)11-18(7)23(27)26-15(3)4/h8-15H,1-7H3,(H,24,25)(H,26,27). The molecular formula is C23H31N3O. The van der Waals surface area contributed by atoms with Gasteiger partial charge in [0.05, 0.1) is 0 Å². The lowest BCUT2D eigenvalue weighted by atomic mass is 9.95. The zero-order chi connectivity index (χ0) is 20.1. The van der Waals surface area contributed by atoms with Gasteiger partial charge in [-0.3, -0.25) is 4.79 Å². The van der Waals surface area contributed by atoms with Crippen LogP contribution in [0.4, 0.5) is 5.82 Å². The van der Waals surface area contributed by atoms with E-state index >= 15 is 0 Å². The Balaban J connectivity index is 2.30. The maximum absolute atomic E-state index is 12.2. The molecule has 0 bridgehead atoms. The van der Waals surface area contributed by atoms with E-state index in [9.17, 15) is 4.79 Å². The van der Waals surface area contributed by atoms with Crippen molar-refractivity contribution < 1.29 is 4.79 Å². The molecule has 0 radical (unpaired) electrons. The molecule has 0 saturated carbocycles. The fraction of sp³-hybridized carbons (Fsp3) is 0.391. The van der Waals surface area contributed by atoms with E-state index in [1.54, 1.807) is 0 Å². The SMILES string of the molecule is CC(=Cc1cc(C)c(-c2ccc(NC(C)C)nc2)cc1C)C(=O)NC(C)C. The second kappa shape index (κ2) is 8.85. The fourth-order valence-corrected chi connectivity index (χ4v) is 2.91. The Kier molecular flexibility index (Phi) is 6.78. The van der Waals surface area contributed by atoms with Gasteiger partial charge in [-0.15, -0.1) is 0 Å². The first kappa shape index (κ1) is 20.7. The summed E-state index contributed by atoms with van der Waals surface area (Å²) in [5.41, 5.74) is 6.34. The van der Waals surface area contributed by atoms with Crippen LogP contribution < -0.4 is 10.6 Å². The molecule has 4 heteroatoms. The van der Waals surface area contributed by atoms with Gasteiger partial charge >= 0.3 is 0 Å². The van der Waals surface area contributed by atoms with E-state index in [1.807, 2.05) is 39.1 Å². The van der Waals surface area contributed by atoms with Crippen LogP contribution in [0, 0.1) is 13.8 Å².